The number of alkyl carbamates (subject to hydrolysis) is 2. The predicted molar refractivity (Wildman–Crippen MR) is 299 cm³/mol. The number of rotatable bonds is 5. The van der Waals surface area contributed by atoms with Gasteiger partial charge >= 0.3 is 23.6 Å². The molecule has 0 fully saturated rings. The lowest BCUT2D eigenvalue weighted by molar-refractivity contribution is -0.0807. The number of hydrogen-bond acceptors (Lipinski definition) is 22. The van der Waals surface area contributed by atoms with Crippen LogP contribution < -0.4 is 10.6 Å². The van der Waals surface area contributed by atoms with Crippen LogP contribution in [-0.4, -0.2) is 205 Å². The van der Waals surface area contributed by atoms with Crippen molar-refractivity contribution in [3.63, 3.8) is 0 Å². The van der Waals surface area contributed by atoms with Crippen LogP contribution in [0.2, 0.25) is 0 Å². The van der Waals surface area contributed by atoms with E-state index in [9.17, 15) is 75.3 Å². The molecule has 80 heavy (non-hydrogen) atoms. The molecule has 23 nitrogen and oxygen atoms in total. The van der Waals surface area contributed by atoms with Crippen LogP contribution >= 0.6 is 11.8 Å². The van der Waals surface area contributed by atoms with Gasteiger partial charge < -0.3 is 95.2 Å². The van der Waals surface area contributed by atoms with E-state index in [4.69, 9.17) is 28.4 Å². The molecule has 4 aliphatic carbocycles. The molecule has 0 aromatic rings. The topological polar surface area (TPSA) is 370 Å². The van der Waals surface area contributed by atoms with Gasteiger partial charge in [-0.15, -0.1) is 0 Å². The molecule has 0 aromatic carbocycles. The van der Waals surface area contributed by atoms with Gasteiger partial charge in [0.1, 0.15) is 30.0 Å². The molecule has 16 unspecified atom stereocenters. The van der Waals surface area contributed by atoms with Crippen LogP contribution in [0.25, 0.3) is 0 Å². The van der Waals surface area contributed by atoms with Gasteiger partial charge in [-0.1, -0.05) is 45.1 Å². The highest BCUT2D eigenvalue weighted by Crippen LogP contribution is 2.28. The van der Waals surface area contributed by atoms with Gasteiger partial charge in [0.25, 0.3) is 0 Å². The van der Waals surface area contributed by atoms with Crippen molar-refractivity contribution in [1.29, 1.82) is 0 Å². The van der Waals surface area contributed by atoms with Crippen LogP contribution in [0, 0.1) is 0 Å². The number of aliphatic hydroxyl groups excluding tert-OH is 11. The zero-order valence-corrected chi connectivity index (χ0v) is 50.2. The highest BCUT2D eigenvalue weighted by molar-refractivity contribution is 8.14. The number of carbonyl (C=O) groups is 4. The summed E-state index contributed by atoms with van der Waals surface area (Å²) in [6.07, 6.45) is -2.33. The summed E-state index contributed by atoms with van der Waals surface area (Å²) in [5.74, 6) is 0. The van der Waals surface area contributed by atoms with Gasteiger partial charge in [-0.05, 0) is 119 Å². The summed E-state index contributed by atoms with van der Waals surface area (Å²) in [5.41, 5.74) is -1.86. The summed E-state index contributed by atoms with van der Waals surface area (Å²) in [6, 6.07) is 0. The summed E-state index contributed by atoms with van der Waals surface area (Å²) in [7, 11) is 0. The quantitative estimate of drug-likeness (QED) is 0.101. The molecule has 464 valence electrons. The normalized spacial score (nSPS) is 33.2. The molecule has 4 aliphatic rings. The zero-order valence-electron chi connectivity index (χ0n) is 49.4. The molecule has 0 saturated heterocycles. The standard InChI is InChI=1S/C17H31NO5.C13H23NO5.C13H22O6.C13H22O5S/c1-16(2,3)18-15(21)22-11-7-8-12(23-17(4,5)6)10-14(20)13(19)9-11;1-13(2,3)14-12(18)19-9-5-4-8(15)6-10(16)11(17)7-9;2*1-13(2,3)19-12(17)18-9-5-4-8(14)6-10(15)11(16)7-9/h7-8,11-14,19-20H,9-10H2,1-6H3,(H,18,21);4-5,8-11,15-17H,6-7H2,1-3H3,(H,14,18);2*4-5,8-11,14-16H,6-7H2,1-3H3/b8-7+;3*5-4+. The third-order valence-corrected chi connectivity index (χ3v) is 11.9. The second-order valence-corrected chi connectivity index (χ2v) is 27.1. The Morgan fingerprint density at radius 2 is 0.650 bits per heavy atom. The van der Waals surface area contributed by atoms with E-state index in [2.05, 4.69) is 10.6 Å². The number of amides is 2. The van der Waals surface area contributed by atoms with Crippen molar-refractivity contribution in [2.45, 2.75) is 280 Å². The Labute approximate surface area is 476 Å². The Bertz CT molecular complexity index is 1830. The van der Waals surface area contributed by atoms with Crippen molar-refractivity contribution in [2.75, 3.05) is 0 Å². The highest BCUT2D eigenvalue weighted by atomic mass is 32.2. The van der Waals surface area contributed by atoms with Gasteiger partial charge in [0, 0.05) is 67.2 Å². The summed E-state index contributed by atoms with van der Waals surface area (Å²) in [6.45, 7) is 27.6. The first-order valence-corrected chi connectivity index (χ1v) is 27.9. The van der Waals surface area contributed by atoms with E-state index >= 15 is 0 Å². The molecule has 24 heteroatoms. The largest absolute Gasteiger partial charge is 0.509 e. The first-order chi connectivity index (χ1) is 36.4. The Hall–Kier alpha value is -3.89. The Morgan fingerprint density at radius 3 is 0.950 bits per heavy atom. The van der Waals surface area contributed by atoms with Gasteiger partial charge in [0.05, 0.1) is 78.8 Å². The van der Waals surface area contributed by atoms with E-state index < -0.39 is 132 Å². The molecule has 16 atom stereocenters. The zero-order chi connectivity index (χ0) is 61.7. The molecule has 13 N–H and O–H groups in total. The van der Waals surface area contributed by atoms with E-state index in [1.165, 1.54) is 30.4 Å². The first kappa shape index (κ1) is 74.1. The fourth-order valence-corrected chi connectivity index (χ4v) is 8.13. The minimum Gasteiger partial charge on any atom is -0.450 e. The lowest BCUT2D eigenvalue weighted by Crippen LogP contribution is -2.43. The molecule has 0 radical (unpaired) electrons. The maximum absolute atomic E-state index is 11.9. The van der Waals surface area contributed by atoms with Gasteiger partial charge in [-0.2, -0.15) is 0 Å². The van der Waals surface area contributed by atoms with Crippen LogP contribution in [0.3, 0.4) is 0 Å². The van der Waals surface area contributed by atoms with E-state index in [0.717, 1.165) is 11.8 Å². The van der Waals surface area contributed by atoms with Gasteiger partial charge in [0.15, 0.2) is 0 Å². The number of hydrogen-bond donors (Lipinski definition) is 13. The third kappa shape index (κ3) is 35.9. The van der Waals surface area contributed by atoms with E-state index in [1.807, 2.05) is 83.1 Å². The monoisotopic (exact) mass is 1170 g/mol. The van der Waals surface area contributed by atoms with Crippen LogP contribution in [0.4, 0.5) is 19.2 Å². The van der Waals surface area contributed by atoms with E-state index in [0.29, 0.717) is 6.42 Å². The molecular weight excluding hydrogens is 1070 g/mol. The number of carbonyl (C=O) groups excluding carboxylic acids is 4. The van der Waals surface area contributed by atoms with Crippen molar-refractivity contribution in [3.05, 3.63) is 48.6 Å². The van der Waals surface area contributed by atoms with Crippen molar-refractivity contribution >= 4 is 35.4 Å². The average Bonchev–Trinajstić information content (AvgIpc) is 3.24. The molecule has 0 aromatic heterocycles. The third-order valence-electron chi connectivity index (χ3n) is 11.0. The number of aliphatic hydroxyl groups is 11. The average molecular weight is 1170 g/mol. The molecule has 4 rings (SSSR count). The molecule has 0 bridgehead atoms. The number of thioether (sulfide) groups is 1. The second kappa shape index (κ2) is 33.4. The van der Waals surface area contributed by atoms with Crippen molar-refractivity contribution in [1.82, 2.24) is 10.6 Å². The van der Waals surface area contributed by atoms with E-state index in [1.54, 1.807) is 39.0 Å². The number of nitrogens with one attached hydrogen (secondary N) is 2. The molecule has 0 aliphatic heterocycles. The maximum atomic E-state index is 11.9. The fraction of sp³-hybridized carbons (Fsp3) is 0.786. The maximum Gasteiger partial charge on any atom is 0.509 e. The van der Waals surface area contributed by atoms with Crippen molar-refractivity contribution in [3.8, 4) is 0 Å². The molecule has 0 spiro atoms. The predicted octanol–water partition coefficient (Wildman–Crippen LogP) is 4.64. The minimum atomic E-state index is -1.06. The smallest absolute Gasteiger partial charge is 0.450 e. The summed E-state index contributed by atoms with van der Waals surface area (Å²) in [5, 5.41) is 112. The fourth-order valence-electron chi connectivity index (χ4n) is 7.45. The van der Waals surface area contributed by atoms with E-state index in [-0.39, 0.29) is 61.4 Å². The molecule has 0 heterocycles. The van der Waals surface area contributed by atoms with Crippen molar-refractivity contribution in [2.24, 2.45) is 0 Å². The van der Waals surface area contributed by atoms with Crippen LogP contribution in [0.1, 0.15) is 155 Å². The Balaban J connectivity index is 0.000000535. The summed E-state index contributed by atoms with van der Waals surface area (Å²) >= 11 is 1.06. The van der Waals surface area contributed by atoms with Gasteiger partial charge in [0.2, 0.25) is 0 Å². The SMILES string of the molecule is CC(C)(C)NC(=O)OC1/C=C/C(O)CC(O)C(O)C1.CC(C)(C)NC(=O)OC1/C=C/C(OC(C)(C)C)CC(O)C(O)C1.CC(C)(C)OC(=O)OC1/C=C/C(O)CC(O)C(O)C1.CC(C)(C)SC(=O)OC1/C=C/C(O)CC(O)C(O)C1. The van der Waals surface area contributed by atoms with Crippen molar-refractivity contribution < 1.29 is 104 Å². The molecule has 2 amide bonds. The second-order valence-electron chi connectivity index (χ2n) is 25.3. The first-order valence-electron chi connectivity index (χ1n) is 27.0. The number of ether oxygens (including phenoxy) is 6. The van der Waals surface area contributed by atoms with Crippen LogP contribution in [0.15, 0.2) is 48.6 Å². The molecule has 0 saturated carbocycles. The Kier molecular flexibility index (Phi) is 31.0. The summed E-state index contributed by atoms with van der Waals surface area (Å²) in [4.78, 5) is 46.7. The lowest BCUT2D eigenvalue weighted by Gasteiger charge is -2.31. The lowest BCUT2D eigenvalue weighted by atomic mass is 9.96. The van der Waals surface area contributed by atoms with Gasteiger partial charge in [-0.3, -0.25) is 0 Å². The Morgan fingerprint density at radius 1 is 0.375 bits per heavy atom. The molecular formula is C56H98N2O21S. The highest BCUT2D eigenvalue weighted by Gasteiger charge is 2.33. The summed E-state index contributed by atoms with van der Waals surface area (Å²) < 4.78 is 31.4. The van der Waals surface area contributed by atoms with Crippen LogP contribution in [0.5, 0.6) is 0 Å². The minimum absolute atomic E-state index is 0.0524. The van der Waals surface area contributed by atoms with Crippen LogP contribution in [-0.2, 0) is 28.4 Å². The van der Waals surface area contributed by atoms with Gasteiger partial charge in [-0.25, -0.2) is 19.2 Å².